The van der Waals surface area contributed by atoms with Crippen LogP contribution in [0.4, 0.5) is 0 Å². The molecule has 0 radical (unpaired) electrons. The number of amides is 1. The zero-order valence-corrected chi connectivity index (χ0v) is 10.7. The van der Waals surface area contributed by atoms with Gasteiger partial charge < -0.3 is 10.6 Å². The van der Waals surface area contributed by atoms with Gasteiger partial charge in [-0.3, -0.25) is 4.79 Å². The Morgan fingerprint density at radius 1 is 1.44 bits per heavy atom. The van der Waals surface area contributed by atoms with E-state index in [0.29, 0.717) is 17.9 Å². The first-order valence-corrected chi connectivity index (χ1v) is 6.15. The molecule has 1 aliphatic heterocycles. The van der Waals surface area contributed by atoms with Crippen LogP contribution in [0.1, 0.15) is 14.5 Å². The molecule has 2 aliphatic rings. The maximum atomic E-state index is 11.8. The summed E-state index contributed by atoms with van der Waals surface area (Å²) in [4.78, 5) is 13.8. The summed E-state index contributed by atoms with van der Waals surface area (Å²) in [6.07, 6.45) is 0. The molecule has 1 saturated heterocycles. The Morgan fingerprint density at radius 3 is 2.69 bits per heavy atom. The zero-order chi connectivity index (χ0) is 10.4. The summed E-state index contributed by atoms with van der Waals surface area (Å²) in [5.41, 5.74) is 0. The lowest BCUT2D eigenvalue weighted by Gasteiger charge is -2.05. The van der Waals surface area contributed by atoms with E-state index in [-0.39, 0.29) is 18.3 Å². The maximum absolute atomic E-state index is 11.8. The third-order valence-corrected chi connectivity index (χ3v) is 4.35. The minimum atomic E-state index is 0. The van der Waals surface area contributed by atoms with Gasteiger partial charge in [-0.15, -0.1) is 23.7 Å². The molecule has 1 aromatic rings. The Hall–Kier alpha value is -0.580. The van der Waals surface area contributed by atoms with Crippen molar-refractivity contribution in [3.8, 4) is 0 Å². The van der Waals surface area contributed by atoms with Crippen molar-refractivity contribution in [3.63, 3.8) is 0 Å². The maximum Gasteiger partial charge on any atom is 0.261 e. The minimum Gasteiger partial charge on any atom is -0.348 e. The second-order valence-electron chi connectivity index (χ2n) is 4.40. The van der Waals surface area contributed by atoms with E-state index in [1.54, 1.807) is 11.3 Å². The van der Waals surface area contributed by atoms with Crippen molar-refractivity contribution in [2.45, 2.75) is 13.0 Å². The number of aryl methyl sites for hydroxylation is 1. The van der Waals surface area contributed by atoms with Crippen molar-refractivity contribution in [1.29, 1.82) is 0 Å². The highest BCUT2D eigenvalue weighted by atomic mass is 35.5. The van der Waals surface area contributed by atoms with Crippen LogP contribution in [0.15, 0.2) is 12.1 Å². The molecule has 2 heterocycles. The number of carbonyl (C=O) groups excluding carboxylic acids is 1. The molecule has 2 atom stereocenters. The molecule has 3 rings (SSSR count). The number of fused-ring (bicyclic) bond motifs is 1. The number of carbonyl (C=O) groups is 1. The van der Waals surface area contributed by atoms with Crippen LogP contribution in [0.3, 0.4) is 0 Å². The van der Waals surface area contributed by atoms with Crippen molar-refractivity contribution in [2.75, 3.05) is 13.1 Å². The van der Waals surface area contributed by atoms with Gasteiger partial charge in [-0.05, 0) is 30.9 Å². The van der Waals surface area contributed by atoms with E-state index in [1.807, 2.05) is 19.1 Å². The molecule has 16 heavy (non-hydrogen) atoms. The third kappa shape index (κ3) is 1.97. The number of thiophene rings is 1. The monoisotopic (exact) mass is 258 g/mol. The first kappa shape index (κ1) is 11.9. The standard InChI is InChI=1S/C11H14N2OS.ClH/c1-6-2-3-9(15-6)11(14)13-10-7-4-12-5-8(7)10;/h2-3,7-8,10,12H,4-5H2,1H3,(H,13,14);1H. The highest BCUT2D eigenvalue weighted by Gasteiger charge is 2.53. The Morgan fingerprint density at radius 2 is 2.12 bits per heavy atom. The van der Waals surface area contributed by atoms with Gasteiger partial charge >= 0.3 is 0 Å². The fourth-order valence-electron chi connectivity index (χ4n) is 2.41. The second-order valence-corrected chi connectivity index (χ2v) is 5.68. The van der Waals surface area contributed by atoms with Crippen LogP contribution in [0.25, 0.3) is 0 Å². The normalized spacial score (nSPS) is 30.4. The van der Waals surface area contributed by atoms with Gasteiger partial charge in [0.1, 0.15) is 0 Å². The summed E-state index contributed by atoms with van der Waals surface area (Å²) in [5.74, 6) is 1.48. The van der Waals surface area contributed by atoms with Gasteiger partial charge in [0, 0.05) is 24.0 Å². The summed E-state index contributed by atoms with van der Waals surface area (Å²) in [7, 11) is 0. The molecular formula is C11H15ClN2OS. The molecule has 1 saturated carbocycles. The topological polar surface area (TPSA) is 41.1 Å². The van der Waals surface area contributed by atoms with Crippen LogP contribution >= 0.6 is 23.7 Å². The van der Waals surface area contributed by atoms with Crippen molar-refractivity contribution < 1.29 is 4.79 Å². The van der Waals surface area contributed by atoms with Crippen LogP contribution in [-0.2, 0) is 0 Å². The molecule has 0 aromatic carbocycles. The first-order chi connectivity index (χ1) is 7.25. The zero-order valence-electron chi connectivity index (χ0n) is 9.03. The summed E-state index contributed by atoms with van der Waals surface area (Å²) in [6, 6.07) is 4.34. The van der Waals surface area contributed by atoms with Crippen molar-refractivity contribution in [1.82, 2.24) is 10.6 Å². The fraction of sp³-hybridized carbons (Fsp3) is 0.545. The smallest absolute Gasteiger partial charge is 0.261 e. The average Bonchev–Trinajstić information content (AvgIpc) is 2.66. The van der Waals surface area contributed by atoms with Crippen molar-refractivity contribution >= 4 is 29.7 Å². The number of nitrogens with one attached hydrogen (secondary N) is 2. The van der Waals surface area contributed by atoms with Gasteiger partial charge in [0.15, 0.2) is 0 Å². The summed E-state index contributed by atoms with van der Waals surface area (Å²) in [6.45, 7) is 4.16. The summed E-state index contributed by atoms with van der Waals surface area (Å²) in [5, 5.41) is 6.44. The predicted octanol–water partition coefficient (Wildman–Crippen LogP) is 1.43. The molecule has 1 aromatic heterocycles. The van der Waals surface area contributed by atoms with Gasteiger partial charge in [0.25, 0.3) is 5.91 Å². The number of piperidine rings is 1. The highest BCUT2D eigenvalue weighted by Crippen LogP contribution is 2.41. The molecule has 2 unspecified atom stereocenters. The Bertz CT molecular complexity index is 396. The number of hydrogen-bond acceptors (Lipinski definition) is 3. The molecule has 3 nitrogen and oxygen atoms in total. The average molecular weight is 259 g/mol. The van der Waals surface area contributed by atoms with Crippen LogP contribution in [0.5, 0.6) is 0 Å². The van der Waals surface area contributed by atoms with E-state index in [4.69, 9.17) is 0 Å². The Balaban J connectivity index is 0.000000963. The van der Waals surface area contributed by atoms with Gasteiger partial charge in [-0.2, -0.15) is 0 Å². The lowest BCUT2D eigenvalue weighted by Crippen LogP contribution is -2.32. The number of rotatable bonds is 2. The fourth-order valence-corrected chi connectivity index (χ4v) is 3.18. The first-order valence-electron chi connectivity index (χ1n) is 5.34. The number of halogens is 1. The summed E-state index contributed by atoms with van der Waals surface area (Å²) >= 11 is 1.57. The molecule has 88 valence electrons. The van der Waals surface area contributed by atoms with Crippen LogP contribution < -0.4 is 10.6 Å². The quantitative estimate of drug-likeness (QED) is 0.843. The van der Waals surface area contributed by atoms with E-state index >= 15 is 0 Å². The molecule has 1 aliphatic carbocycles. The van der Waals surface area contributed by atoms with Gasteiger partial charge in [0.05, 0.1) is 4.88 Å². The molecule has 5 heteroatoms. The second kappa shape index (κ2) is 4.35. The minimum absolute atomic E-state index is 0. The van der Waals surface area contributed by atoms with E-state index in [1.165, 1.54) is 4.88 Å². The van der Waals surface area contributed by atoms with Gasteiger partial charge in [-0.1, -0.05) is 0 Å². The highest BCUT2D eigenvalue weighted by molar-refractivity contribution is 7.13. The lowest BCUT2D eigenvalue weighted by molar-refractivity contribution is 0.0950. The molecular weight excluding hydrogens is 244 g/mol. The Kier molecular flexibility index (Phi) is 3.24. The van der Waals surface area contributed by atoms with Crippen molar-refractivity contribution in [3.05, 3.63) is 21.9 Å². The predicted molar refractivity (Wildman–Crippen MR) is 67.4 cm³/mol. The lowest BCUT2D eigenvalue weighted by atomic mass is 10.4. The van der Waals surface area contributed by atoms with E-state index in [9.17, 15) is 4.79 Å². The Labute approximate surface area is 105 Å². The molecule has 2 fully saturated rings. The molecule has 0 spiro atoms. The van der Waals surface area contributed by atoms with E-state index in [2.05, 4.69) is 10.6 Å². The summed E-state index contributed by atoms with van der Waals surface area (Å²) < 4.78 is 0. The van der Waals surface area contributed by atoms with Crippen LogP contribution in [0, 0.1) is 18.8 Å². The third-order valence-electron chi connectivity index (χ3n) is 3.35. The van der Waals surface area contributed by atoms with E-state index < -0.39 is 0 Å². The van der Waals surface area contributed by atoms with Crippen LogP contribution in [0.2, 0.25) is 0 Å². The van der Waals surface area contributed by atoms with Gasteiger partial charge in [0.2, 0.25) is 0 Å². The van der Waals surface area contributed by atoms with E-state index in [0.717, 1.165) is 18.0 Å². The largest absolute Gasteiger partial charge is 0.348 e. The SMILES string of the molecule is Cc1ccc(C(=O)NC2C3CNCC32)s1.Cl. The van der Waals surface area contributed by atoms with Gasteiger partial charge in [-0.25, -0.2) is 0 Å². The van der Waals surface area contributed by atoms with Crippen LogP contribution in [-0.4, -0.2) is 25.0 Å². The molecule has 2 N–H and O–H groups in total. The number of hydrogen-bond donors (Lipinski definition) is 2. The molecule has 0 bridgehead atoms. The molecule has 1 amide bonds. The van der Waals surface area contributed by atoms with Crippen molar-refractivity contribution in [2.24, 2.45) is 11.8 Å².